The van der Waals surface area contributed by atoms with E-state index in [0.29, 0.717) is 13.2 Å². The highest BCUT2D eigenvalue weighted by atomic mass is 35.7. The fourth-order valence-corrected chi connectivity index (χ4v) is 52.3. The van der Waals surface area contributed by atoms with Gasteiger partial charge in [0.2, 0.25) is 0 Å². The van der Waals surface area contributed by atoms with Crippen molar-refractivity contribution >= 4 is 134 Å². The van der Waals surface area contributed by atoms with E-state index in [1.54, 1.807) is 0 Å². The molecule has 2 atom stereocenters. The fraction of sp³-hybridized carbons (Fsp3) is 0.385. The van der Waals surface area contributed by atoms with E-state index in [1.807, 2.05) is 0 Å². The van der Waals surface area contributed by atoms with Crippen molar-refractivity contribution in [2.75, 3.05) is 26.3 Å². The predicted molar refractivity (Wildman–Crippen MR) is 414 cm³/mol. The van der Waals surface area contributed by atoms with Gasteiger partial charge in [-0.3, -0.25) is 0 Å². The normalized spacial score (nSPS) is 14.7. The average Bonchev–Trinajstić information content (AvgIpc) is 0.699. The Morgan fingerprint density at radius 2 is 0.440 bits per heavy atom. The molecule has 0 aliphatic heterocycles. The third kappa shape index (κ3) is 14.6. The number of rotatable bonds is 28. The summed E-state index contributed by atoms with van der Waals surface area (Å²) in [6.45, 7) is 37.6. The van der Waals surface area contributed by atoms with Crippen LogP contribution in [0.5, 0.6) is 0 Å². The van der Waals surface area contributed by atoms with E-state index in [2.05, 4.69) is 348 Å². The molecule has 482 valence electrons. The molecule has 0 aliphatic carbocycles. The van der Waals surface area contributed by atoms with Crippen LogP contribution in [0.1, 0.15) is 135 Å². The van der Waals surface area contributed by atoms with Gasteiger partial charge >= 0.3 is 0 Å². The van der Waals surface area contributed by atoms with E-state index in [9.17, 15) is 0 Å². The molecule has 0 saturated heterocycles. The van der Waals surface area contributed by atoms with Gasteiger partial charge in [-0.1, -0.05) is 340 Å². The molecular formula is C78H102Cl4N2OSi6. The lowest BCUT2D eigenvalue weighted by molar-refractivity contribution is 0.111. The molecule has 8 aromatic rings. The van der Waals surface area contributed by atoms with Crippen LogP contribution in [0, 0.1) is 0 Å². The zero-order chi connectivity index (χ0) is 66.0. The number of hydrogen-bond donors (Lipinski definition) is 0. The minimum Gasteiger partial charge on any atom is -0.381 e. The second-order valence-electron chi connectivity index (χ2n) is 30.0. The molecule has 0 saturated carbocycles. The maximum absolute atomic E-state index is 7.38. The van der Waals surface area contributed by atoms with Crippen molar-refractivity contribution in [2.24, 2.45) is 0 Å². The lowest BCUT2D eigenvalue weighted by Crippen LogP contribution is -2.88. The first kappa shape index (κ1) is 72.9. The summed E-state index contributed by atoms with van der Waals surface area (Å²) in [5.41, 5.74) is 0. The van der Waals surface area contributed by atoms with Crippen LogP contribution in [0.3, 0.4) is 0 Å². The Morgan fingerprint density at radius 1 is 0.275 bits per heavy atom. The fourth-order valence-electron chi connectivity index (χ4n) is 16.2. The molecule has 0 aliphatic rings. The largest absolute Gasteiger partial charge is 0.381 e. The minimum absolute atomic E-state index is 0.152. The number of halogens is 4. The van der Waals surface area contributed by atoms with Gasteiger partial charge in [0.15, 0.2) is 32.9 Å². The Bertz CT molecular complexity index is 2870. The Balaban J connectivity index is 1.11. The number of hydrogen-bond acceptors (Lipinski definition) is 3. The highest BCUT2D eigenvalue weighted by molar-refractivity contribution is 7.35. The smallest absolute Gasteiger partial charge is 0.280 e. The maximum Gasteiger partial charge on any atom is 0.280 e. The molecule has 0 amide bonds. The second-order valence-corrected chi connectivity index (χ2v) is 58.5. The molecule has 0 N–H and O–H groups in total. The summed E-state index contributed by atoms with van der Waals surface area (Å²) in [6, 6.07) is 92.5. The molecule has 0 aromatic heterocycles. The van der Waals surface area contributed by atoms with Crippen molar-refractivity contribution in [3.8, 4) is 0 Å². The molecule has 0 fully saturated rings. The van der Waals surface area contributed by atoms with Crippen molar-refractivity contribution in [3.63, 3.8) is 0 Å². The van der Waals surface area contributed by atoms with Gasteiger partial charge in [0.05, 0.1) is 0 Å². The van der Waals surface area contributed by atoms with Crippen LogP contribution >= 0.6 is 44.3 Å². The minimum atomic E-state index is -3.00. The van der Waals surface area contributed by atoms with Crippen LogP contribution in [0.4, 0.5) is 0 Å². The van der Waals surface area contributed by atoms with Crippen LogP contribution in [-0.4, -0.2) is 82.5 Å². The van der Waals surface area contributed by atoms with Crippen molar-refractivity contribution in [3.05, 3.63) is 243 Å². The van der Waals surface area contributed by atoms with E-state index < -0.39 is 47.8 Å². The van der Waals surface area contributed by atoms with Gasteiger partial charge in [0.1, 0.15) is 0 Å². The molecule has 13 heteroatoms. The summed E-state index contributed by atoms with van der Waals surface area (Å²) < 4.78 is 13.2. The number of ether oxygens (including phenoxy) is 1. The van der Waals surface area contributed by atoms with E-state index >= 15 is 0 Å². The van der Waals surface area contributed by atoms with Crippen LogP contribution in [0.2, 0.25) is 30.2 Å². The van der Waals surface area contributed by atoms with Gasteiger partial charge in [-0.25, -0.2) is 0 Å². The highest BCUT2D eigenvalue weighted by Crippen LogP contribution is 2.51. The van der Waals surface area contributed by atoms with Crippen LogP contribution in [-0.2, 0) is 4.74 Å². The Morgan fingerprint density at radius 3 is 0.582 bits per heavy atom. The SMILES string of the molecule is CC(CCCN([Si](c1ccccc1)(c1ccccc1)C(C)(C)C)[Si](c1ccccc1)(c1ccccc1)C(C)(C)C)(CCOCCC(C)(CCCN([Si](c1ccccc1)(c1ccccc1)C(C)(C)C)[Si](c1ccccc1)(c1ccccc1)C(C)(C)C)[Si](Cl)Cl)[Si](Cl)Cl. The molecule has 8 rings (SSSR count). The predicted octanol–water partition coefficient (Wildman–Crippen LogP) is 17.6. The van der Waals surface area contributed by atoms with Gasteiger partial charge < -0.3 is 13.2 Å². The maximum atomic E-state index is 7.38. The average molecular weight is 1390 g/mol. The Hall–Kier alpha value is -3.90. The second kappa shape index (κ2) is 30.5. The Labute approximate surface area is 576 Å². The molecular weight excluding hydrogens is 1290 g/mol. The molecule has 0 spiro atoms. The molecule has 2 unspecified atom stereocenters. The van der Waals surface area contributed by atoms with Crippen LogP contribution in [0.25, 0.3) is 0 Å². The zero-order valence-corrected chi connectivity index (χ0v) is 66.0. The van der Waals surface area contributed by atoms with E-state index in [1.165, 1.54) is 41.5 Å². The van der Waals surface area contributed by atoms with E-state index in [4.69, 9.17) is 49.1 Å². The van der Waals surface area contributed by atoms with Crippen LogP contribution in [0.15, 0.2) is 243 Å². The first-order chi connectivity index (χ1) is 43.1. The van der Waals surface area contributed by atoms with Gasteiger partial charge in [0.25, 0.3) is 14.8 Å². The van der Waals surface area contributed by atoms with Crippen molar-refractivity contribution in [2.45, 2.75) is 166 Å². The summed E-state index contributed by atoms with van der Waals surface area (Å²) in [6.07, 6.45) is 5.09. The summed E-state index contributed by atoms with van der Waals surface area (Å²) in [5.74, 6) is 0. The molecule has 2 radical (unpaired) electrons. The van der Waals surface area contributed by atoms with E-state index in [-0.39, 0.29) is 30.2 Å². The number of nitrogens with zero attached hydrogens (tertiary/aromatic N) is 2. The van der Waals surface area contributed by atoms with Gasteiger partial charge in [-0.15, -0.1) is 44.3 Å². The van der Waals surface area contributed by atoms with Crippen molar-refractivity contribution < 1.29 is 4.74 Å². The van der Waals surface area contributed by atoms with Gasteiger partial charge in [-0.05, 0) is 123 Å². The third-order valence-electron chi connectivity index (χ3n) is 20.2. The standard InChI is InChI=1S/C78H102Cl4N2OSi6/c1-73(2,3)88(65-41-23-15-24-42-65,66-43-25-16-26-44-66)83(89(74(4,5)6,67-45-27-17-28-46-67)68-47-29-18-30-48-68)61-39-57-77(13,86(79)80)59-63-85-64-60-78(14,87(81)82)58-40-62-84(90(75(7,8)9,69-49-31-19-32-50-69)70-51-33-20-34-52-70)91(76(10,11)12,71-53-35-21-36-54-71)72-55-37-22-38-56-72/h15-38,41-56H,39-40,57-64H2,1-14H3. The lowest BCUT2D eigenvalue weighted by Gasteiger charge is -2.62. The zero-order valence-electron chi connectivity index (χ0n) is 57.0. The quantitative estimate of drug-likeness (QED) is 0.0276. The molecule has 3 nitrogen and oxygen atoms in total. The third-order valence-corrected chi connectivity index (χ3v) is 54.7. The van der Waals surface area contributed by atoms with E-state index in [0.717, 1.165) is 51.6 Å². The van der Waals surface area contributed by atoms with Gasteiger partial charge in [-0.2, -0.15) is 0 Å². The van der Waals surface area contributed by atoms with Crippen molar-refractivity contribution in [1.82, 2.24) is 8.46 Å². The lowest BCUT2D eigenvalue weighted by atomic mass is 10.00. The summed E-state index contributed by atoms with van der Waals surface area (Å²) in [7, 11) is -15.7. The van der Waals surface area contributed by atoms with Crippen molar-refractivity contribution in [1.29, 1.82) is 0 Å². The molecule has 0 bridgehead atoms. The summed E-state index contributed by atoms with van der Waals surface area (Å²) in [5, 5.41) is 10.2. The molecule has 8 aromatic carbocycles. The summed E-state index contributed by atoms with van der Waals surface area (Å²) >= 11 is 29.5. The van der Waals surface area contributed by atoms with Crippen LogP contribution < -0.4 is 41.5 Å². The molecule has 91 heavy (non-hydrogen) atoms. The van der Waals surface area contributed by atoms with Gasteiger partial charge in [0, 0.05) is 13.2 Å². The first-order valence-corrected chi connectivity index (χ1v) is 47.9. The number of benzene rings is 8. The summed E-state index contributed by atoms with van der Waals surface area (Å²) in [4.78, 5) is 0. The monoisotopic (exact) mass is 1390 g/mol. The Kier molecular flexibility index (Phi) is 24.4. The topological polar surface area (TPSA) is 15.7 Å². The highest BCUT2D eigenvalue weighted by Gasteiger charge is 2.65. The molecule has 0 heterocycles. The first-order valence-electron chi connectivity index (χ1n) is 33.1.